The first-order valence-electron chi connectivity index (χ1n) is 13.4. The van der Waals surface area contributed by atoms with Crippen molar-refractivity contribution in [1.82, 2.24) is 10.2 Å². The molecule has 0 saturated heterocycles. The molecule has 0 heterocycles. The Labute approximate surface area is 246 Å². The summed E-state index contributed by atoms with van der Waals surface area (Å²) in [6, 6.07) is 20.6. The smallest absolute Gasteiger partial charge is 0.264 e. The van der Waals surface area contributed by atoms with Crippen molar-refractivity contribution in [1.29, 1.82) is 0 Å². The molecule has 3 aromatic rings. The van der Waals surface area contributed by atoms with E-state index in [2.05, 4.69) is 5.32 Å². The number of nitrogens with one attached hydrogen (secondary N) is 1. The van der Waals surface area contributed by atoms with E-state index in [-0.39, 0.29) is 23.4 Å². The Hall–Kier alpha value is -3.07. The molecule has 0 spiro atoms. The van der Waals surface area contributed by atoms with E-state index in [1.807, 2.05) is 6.92 Å². The van der Waals surface area contributed by atoms with Crippen LogP contribution in [0, 0.1) is 0 Å². The third kappa shape index (κ3) is 6.97. The number of hydrogen-bond donors (Lipinski definition) is 1. The van der Waals surface area contributed by atoms with Gasteiger partial charge in [-0.25, -0.2) is 8.42 Å². The Morgan fingerprint density at radius 3 is 2.05 bits per heavy atom. The highest BCUT2D eigenvalue weighted by molar-refractivity contribution is 7.92. The molecule has 10 heteroatoms. The zero-order valence-electron chi connectivity index (χ0n) is 22.3. The minimum atomic E-state index is -4.11. The number of nitrogens with zero attached hydrogens (tertiary/aromatic N) is 2. The standard InChI is InChI=1S/C30H33Cl2N3O4S/c1-2-28(30(37)33-22-12-9-10-13-22)34(20-25-26(31)18-11-19-27(25)32)29(36)21-35(23-14-5-3-6-15-23)40(38,39)24-16-7-4-8-17-24/h3-8,11,14-19,22,28H,2,9-10,12-13,20-21H2,1H3,(H,33,37)/t28-/m1/s1. The van der Waals surface area contributed by atoms with Crippen molar-refractivity contribution in [2.75, 3.05) is 10.8 Å². The van der Waals surface area contributed by atoms with E-state index in [0.717, 1.165) is 30.0 Å². The summed E-state index contributed by atoms with van der Waals surface area (Å²) in [7, 11) is -4.11. The van der Waals surface area contributed by atoms with Crippen LogP contribution in [-0.4, -0.2) is 43.8 Å². The summed E-state index contributed by atoms with van der Waals surface area (Å²) in [5.41, 5.74) is 0.822. The maximum atomic E-state index is 14.1. The number of halogens is 2. The van der Waals surface area contributed by atoms with Gasteiger partial charge in [0, 0.05) is 28.2 Å². The van der Waals surface area contributed by atoms with E-state index >= 15 is 0 Å². The molecular formula is C30H33Cl2N3O4S. The predicted molar refractivity (Wildman–Crippen MR) is 159 cm³/mol. The van der Waals surface area contributed by atoms with Crippen LogP contribution in [0.25, 0.3) is 0 Å². The first-order chi connectivity index (χ1) is 19.2. The van der Waals surface area contributed by atoms with E-state index in [9.17, 15) is 18.0 Å². The van der Waals surface area contributed by atoms with Gasteiger partial charge in [0.1, 0.15) is 12.6 Å². The Balaban J connectivity index is 1.72. The maximum absolute atomic E-state index is 14.1. The second-order valence-electron chi connectivity index (χ2n) is 9.80. The fourth-order valence-electron chi connectivity index (χ4n) is 4.98. The molecule has 40 heavy (non-hydrogen) atoms. The van der Waals surface area contributed by atoms with Gasteiger partial charge in [-0.05, 0) is 55.7 Å². The SMILES string of the molecule is CC[C@H](C(=O)NC1CCCC1)N(Cc1c(Cl)cccc1Cl)C(=O)CN(c1ccccc1)S(=O)(=O)c1ccccc1. The second kappa shape index (κ2) is 13.5. The fourth-order valence-corrected chi connectivity index (χ4v) is 6.94. The van der Waals surface area contributed by atoms with Gasteiger partial charge >= 0.3 is 0 Å². The summed E-state index contributed by atoms with van der Waals surface area (Å²) >= 11 is 12.9. The molecule has 3 aromatic carbocycles. The molecule has 1 aliphatic rings. The minimum absolute atomic E-state index is 0.0536. The Morgan fingerprint density at radius 1 is 0.900 bits per heavy atom. The summed E-state index contributed by atoms with van der Waals surface area (Å²) in [5, 5.41) is 3.80. The molecule has 0 unspecified atom stereocenters. The third-order valence-electron chi connectivity index (χ3n) is 7.13. The average molecular weight is 603 g/mol. The van der Waals surface area contributed by atoms with Crippen molar-refractivity contribution >= 4 is 50.7 Å². The van der Waals surface area contributed by atoms with Gasteiger partial charge in [-0.2, -0.15) is 0 Å². The van der Waals surface area contributed by atoms with Gasteiger partial charge < -0.3 is 10.2 Å². The Bertz CT molecular complexity index is 1400. The van der Waals surface area contributed by atoms with Crippen LogP contribution in [0.2, 0.25) is 10.0 Å². The molecule has 1 aliphatic carbocycles. The van der Waals surface area contributed by atoms with Crippen molar-refractivity contribution in [3.05, 3.63) is 94.5 Å². The van der Waals surface area contributed by atoms with Crippen molar-refractivity contribution < 1.29 is 18.0 Å². The number of amides is 2. The number of para-hydroxylation sites is 1. The number of carbonyl (C=O) groups is 2. The van der Waals surface area contributed by atoms with Crippen LogP contribution in [-0.2, 0) is 26.2 Å². The van der Waals surface area contributed by atoms with Crippen molar-refractivity contribution in [3.63, 3.8) is 0 Å². The van der Waals surface area contributed by atoms with Crippen LogP contribution in [0.4, 0.5) is 5.69 Å². The lowest BCUT2D eigenvalue weighted by atomic mass is 10.1. The Kier molecular flexibility index (Phi) is 10.1. The van der Waals surface area contributed by atoms with Crippen LogP contribution in [0.3, 0.4) is 0 Å². The first kappa shape index (κ1) is 29.9. The van der Waals surface area contributed by atoms with Gasteiger partial charge in [0.25, 0.3) is 10.0 Å². The molecule has 0 radical (unpaired) electrons. The van der Waals surface area contributed by atoms with Gasteiger partial charge in [-0.1, -0.05) is 85.4 Å². The molecule has 1 saturated carbocycles. The monoisotopic (exact) mass is 601 g/mol. The molecule has 1 fully saturated rings. The maximum Gasteiger partial charge on any atom is 0.264 e. The molecule has 2 amide bonds. The van der Waals surface area contributed by atoms with E-state index in [1.54, 1.807) is 66.7 Å². The van der Waals surface area contributed by atoms with Crippen LogP contribution in [0.15, 0.2) is 83.8 Å². The lowest BCUT2D eigenvalue weighted by Gasteiger charge is -2.34. The summed E-state index contributed by atoms with van der Waals surface area (Å²) in [4.78, 5) is 29.1. The van der Waals surface area contributed by atoms with E-state index in [4.69, 9.17) is 23.2 Å². The molecule has 212 valence electrons. The topological polar surface area (TPSA) is 86.8 Å². The molecule has 7 nitrogen and oxygen atoms in total. The normalized spacial score (nSPS) is 14.5. The zero-order chi connectivity index (χ0) is 28.7. The quantitative estimate of drug-likeness (QED) is 0.289. The predicted octanol–water partition coefficient (Wildman–Crippen LogP) is 6.05. The van der Waals surface area contributed by atoms with E-state index in [1.165, 1.54) is 17.0 Å². The largest absolute Gasteiger partial charge is 0.352 e. The zero-order valence-corrected chi connectivity index (χ0v) is 24.6. The first-order valence-corrected chi connectivity index (χ1v) is 15.6. The average Bonchev–Trinajstić information content (AvgIpc) is 3.47. The molecule has 0 aromatic heterocycles. The molecule has 0 bridgehead atoms. The second-order valence-corrected chi connectivity index (χ2v) is 12.5. The van der Waals surface area contributed by atoms with Crippen LogP contribution in [0.5, 0.6) is 0 Å². The highest BCUT2D eigenvalue weighted by Crippen LogP contribution is 2.29. The van der Waals surface area contributed by atoms with Crippen LogP contribution >= 0.6 is 23.2 Å². The highest BCUT2D eigenvalue weighted by Gasteiger charge is 2.35. The number of anilines is 1. The van der Waals surface area contributed by atoms with Gasteiger partial charge in [0.05, 0.1) is 10.6 Å². The van der Waals surface area contributed by atoms with Gasteiger partial charge in [0.15, 0.2) is 0 Å². The number of carbonyl (C=O) groups excluding carboxylic acids is 2. The molecule has 0 aliphatic heterocycles. The van der Waals surface area contributed by atoms with E-state index < -0.39 is 28.5 Å². The summed E-state index contributed by atoms with van der Waals surface area (Å²) in [5.74, 6) is -0.823. The molecule has 1 N–H and O–H groups in total. The molecular weight excluding hydrogens is 569 g/mol. The fraction of sp³-hybridized carbons (Fsp3) is 0.333. The van der Waals surface area contributed by atoms with Gasteiger partial charge in [-0.3, -0.25) is 13.9 Å². The van der Waals surface area contributed by atoms with E-state index in [0.29, 0.717) is 27.7 Å². The van der Waals surface area contributed by atoms with Crippen molar-refractivity contribution in [3.8, 4) is 0 Å². The number of rotatable bonds is 11. The van der Waals surface area contributed by atoms with Crippen LogP contribution in [0.1, 0.15) is 44.6 Å². The highest BCUT2D eigenvalue weighted by atomic mass is 35.5. The van der Waals surface area contributed by atoms with Crippen LogP contribution < -0.4 is 9.62 Å². The number of benzene rings is 3. The summed E-state index contributed by atoms with van der Waals surface area (Å²) in [6.45, 7) is 1.25. The van der Waals surface area contributed by atoms with Crippen molar-refractivity contribution in [2.24, 2.45) is 0 Å². The Morgan fingerprint density at radius 2 is 1.48 bits per heavy atom. The minimum Gasteiger partial charge on any atom is -0.352 e. The molecule has 4 rings (SSSR count). The lowest BCUT2D eigenvalue weighted by molar-refractivity contribution is -0.140. The number of sulfonamides is 1. The number of hydrogen-bond acceptors (Lipinski definition) is 4. The lowest BCUT2D eigenvalue weighted by Crippen LogP contribution is -2.53. The third-order valence-corrected chi connectivity index (χ3v) is 9.63. The van der Waals surface area contributed by atoms with Crippen molar-refractivity contribution in [2.45, 2.75) is 62.6 Å². The van der Waals surface area contributed by atoms with Gasteiger partial charge in [0.2, 0.25) is 11.8 Å². The molecule has 1 atom stereocenters. The summed E-state index contributed by atoms with van der Waals surface area (Å²) in [6.07, 6.45) is 4.20. The summed E-state index contributed by atoms with van der Waals surface area (Å²) < 4.78 is 28.7. The van der Waals surface area contributed by atoms with Gasteiger partial charge in [-0.15, -0.1) is 0 Å².